The molecule has 1 saturated heterocycles. The van der Waals surface area contributed by atoms with E-state index in [9.17, 15) is 18.3 Å². The molecule has 4 atom stereocenters. The lowest BCUT2D eigenvalue weighted by Gasteiger charge is -2.38. The number of rotatable bonds is 17. The zero-order valence-electron chi connectivity index (χ0n) is 34.0. The lowest BCUT2D eigenvalue weighted by molar-refractivity contribution is -0.252. The molecule has 1 aliphatic heterocycles. The highest BCUT2D eigenvalue weighted by Crippen LogP contribution is 2.39. The van der Waals surface area contributed by atoms with Gasteiger partial charge in [0.2, 0.25) is 15.9 Å². The van der Waals surface area contributed by atoms with Gasteiger partial charge in [-0.25, -0.2) is 8.42 Å². The first-order valence-electron chi connectivity index (χ1n) is 20.3. The first-order valence-corrected chi connectivity index (χ1v) is 21.8. The number of carbonyl (C=O) groups is 1. The molecule has 11 heteroatoms. The third kappa shape index (κ3) is 11.4. The fraction of sp³-hybridized carbons (Fsp3) is 0.265. The van der Waals surface area contributed by atoms with Gasteiger partial charge in [0.25, 0.3) is 0 Å². The Kier molecular flexibility index (Phi) is 14.3. The van der Waals surface area contributed by atoms with E-state index in [1.54, 1.807) is 24.3 Å². The van der Waals surface area contributed by atoms with E-state index in [-0.39, 0.29) is 36.7 Å². The highest BCUT2D eigenvalue weighted by atomic mass is 32.2. The second kappa shape index (κ2) is 20.2. The lowest BCUT2D eigenvalue weighted by atomic mass is 9.97. The lowest BCUT2D eigenvalue weighted by Crippen LogP contribution is -2.47. The molecular weight excluding hydrogens is 773 g/mol. The molecule has 0 spiro atoms. The number of sulfonamides is 1. The van der Waals surface area contributed by atoms with E-state index < -0.39 is 28.3 Å². The number of nitrogens with zero attached hydrogens (tertiary/aromatic N) is 2. The molecule has 60 heavy (non-hydrogen) atoms. The van der Waals surface area contributed by atoms with Crippen LogP contribution in [0.2, 0.25) is 0 Å². The maximum Gasteiger partial charge on any atom is 0.241 e. The highest BCUT2D eigenvalue weighted by Gasteiger charge is 2.33. The van der Waals surface area contributed by atoms with Crippen molar-refractivity contribution in [2.45, 2.75) is 68.8 Å². The second-order valence-electron chi connectivity index (χ2n) is 15.4. The minimum atomic E-state index is -3.98. The number of ether oxygens (including phenoxy) is 2. The third-order valence-corrected chi connectivity index (χ3v) is 12.3. The summed E-state index contributed by atoms with van der Waals surface area (Å²) in [4.78, 5) is 20.7. The minimum absolute atomic E-state index is 0.0199. The summed E-state index contributed by atoms with van der Waals surface area (Å²) < 4.78 is 42.8. The van der Waals surface area contributed by atoms with Gasteiger partial charge >= 0.3 is 0 Å². The Bertz CT molecular complexity index is 2400. The van der Waals surface area contributed by atoms with E-state index in [2.05, 4.69) is 27.0 Å². The van der Waals surface area contributed by atoms with Crippen LogP contribution in [0.15, 0.2) is 157 Å². The average Bonchev–Trinajstić information content (AvgIpc) is 3.28. The maximum atomic E-state index is 13.8. The van der Waals surface area contributed by atoms with E-state index in [0.29, 0.717) is 13.0 Å². The average molecular weight is 825 g/mol. The molecule has 310 valence electrons. The fourth-order valence-corrected chi connectivity index (χ4v) is 8.61. The van der Waals surface area contributed by atoms with Gasteiger partial charge in [-0.15, -0.1) is 0 Å². The summed E-state index contributed by atoms with van der Waals surface area (Å²) >= 11 is 0. The smallest absolute Gasteiger partial charge is 0.241 e. The Morgan fingerprint density at radius 3 is 2.23 bits per heavy atom. The van der Waals surface area contributed by atoms with Crippen LogP contribution >= 0.6 is 0 Å². The van der Waals surface area contributed by atoms with Crippen molar-refractivity contribution in [3.8, 4) is 11.1 Å². The van der Waals surface area contributed by atoms with Crippen molar-refractivity contribution in [2.75, 3.05) is 20.1 Å². The summed E-state index contributed by atoms with van der Waals surface area (Å²) in [5.74, 6) is -0.427. The number of aliphatic hydroxyl groups excluding tert-OH is 1. The summed E-state index contributed by atoms with van der Waals surface area (Å²) in [5.41, 5.74) is 8.34. The van der Waals surface area contributed by atoms with Crippen LogP contribution in [-0.4, -0.2) is 61.6 Å². The standard InChI is InChI=1S/C49H52N4O6S/c1-35-15-25-44(26-16-35)60(56,57)52-46(30-36-10-4-3-5-11-36)48(55)51-32-41-12-6-7-14-45(41)38-21-23-40(24-22-38)49-58-43(33-53(2)29-27-42-13-8-9-28-50-42)31-47(59-49)39-19-17-37(34-54)18-20-39/h3-26,28,43,46-47,49,52,54H,27,29-34H2,1-2H3,(H,51,55). The van der Waals surface area contributed by atoms with Gasteiger partial charge in [-0.3, -0.25) is 9.78 Å². The molecule has 3 N–H and O–H groups in total. The number of hydrogen-bond donors (Lipinski definition) is 3. The van der Waals surface area contributed by atoms with Gasteiger partial charge in [-0.1, -0.05) is 127 Å². The molecule has 7 rings (SSSR count). The van der Waals surface area contributed by atoms with Gasteiger partial charge in [-0.2, -0.15) is 4.72 Å². The molecule has 1 aliphatic rings. The summed E-state index contributed by atoms with van der Waals surface area (Å²) in [7, 11) is -1.88. The van der Waals surface area contributed by atoms with E-state index in [0.717, 1.165) is 63.2 Å². The monoisotopic (exact) mass is 824 g/mol. The van der Waals surface area contributed by atoms with Crippen molar-refractivity contribution < 1.29 is 27.8 Å². The molecular formula is C49H52N4O6S. The first-order chi connectivity index (χ1) is 29.1. The van der Waals surface area contributed by atoms with Crippen LogP contribution in [0.5, 0.6) is 0 Å². The summed E-state index contributed by atoms with van der Waals surface area (Å²) in [6.45, 7) is 3.61. The van der Waals surface area contributed by atoms with Gasteiger partial charge in [0.05, 0.1) is 23.7 Å². The van der Waals surface area contributed by atoms with Crippen LogP contribution in [-0.2, 0) is 50.3 Å². The maximum absolute atomic E-state index is 13.8. The van der Waals surface area contributed by atoms with Crippen molar-refractivity contribution in [3.05, 3.63) is 191 Å². The molecule has 4 unspecified atom stereocenters. The molecule has 6 aromatic rings. The number of aliphatic hydroxyl groups is 1. The fourth-order valence-electron chi connectivity index (χ4n) is 7.42. The van der Waals surface area contributed by atoms with Gasteiger partial charge in [-0.05, 0) is 78.0 Å². The quantitative estimate of drug-likeness (QED) is 0.0864. The number of likely N-dealkylation sites (N-methyl/N-ethyl adjacent to an activating group) is 1. The zero-order chi connectivity index (χ0) is 41.9. The van der Waals surface area contributed by atoms with Crippen molar-refractivity contribution in [2.24, 2.45) is 0 Å². The van der Waals surface area contributed by atoms with Crippen molar-refractivity contribution >= 4 is 15.9 Å². The zero-order valence-corrected chi connectivity index (χ0v) is 34.8. The van der Waals surface area contributed by atoms with Gasteiger partial charge in [0.15, 0.2) is 6.29 Å². The number of amides is 1. The second-order valence-corrected chi connectivity index (χ2v) is 17.1. The van der Waals surface area contributed by atoms with Crippen LogP contribution in [0.25, 0.3) is 11.1 Å². The number of aryl methyl sites for hydroxylation is 1. The Labute approximate surface area is 353 Å². The normalized spacial score (nSPS) is 17.3. The Hall–Kier alpha value is -5.53. The van der Waals surface area contributed by atoms with Crippen LogP contribution < -0.4 is 10.0 Å². The predicted octanol–water partition coefficient (Wildman–Crippen LogP) is 7.48. The van der Waals surface area contributed by atoms with Crippen LogP contribution in [0.1, 0.15) is 57.9 Å². The predicted molar refractivity (Wildman–Crippen MR) is 233 cm³/mol. The molecule has 0 radical (unpaired) electrons. The molecule has 0 saturated carbocycles. The SMILES string of the molecule is Cc1ccc(S(=O)(=O)NC(Cc2ccccc2)C(=O)NCc2ccccc2-c2ccc(C3OC(CN(C)CCc4ccccn4)CC(c4ccc(CO)cc4)O3)cc2)cc1. The van der Waals surface area contributed by atoms with E-state index in [1.165, 1.54) is 0 Å². The first kappa shape index (κ1) is 42.6. The Morgan fingerprint density at radius 1 is 0.817 bits per heavy atom. The molecule has 5 aromatic carbocycles. The largest absolute Gasteiger partial charge is 0.392 e. The highest BCUT2D eigenvalue weighted by molar-refractivity contribution is 7.89. The summed E-state index contributed by atoms with van der Waals surface area (Å²) in [6, 6.07) is 44.7. The van der Waals surface area contributed by atoms with Crippen LogP contribution in [0, 0.1) is 6.92 Å². The molecule has 0 aliphatic carbocycles. The number of aromatic nitrogens is 1. The summed E-state index contributed by atoms with van der Waals surface area (Å²) in [5, 5.41) is 12.6. The summed E-state index contributed by atoms with van der Waals surface area (Å²) in [6.07, 6.45) is 2.61. The van der Waals surface area contributed by atoms with E-state index in [4.69, 9.17) is 9.47 Å². The van der Waals surface area contributed by atoms with Crippen LogP contribution in [0.3, 0.4) is 0 Å². The number of benzene rings is 5. The molecule has 1 aromatic heterocycles. The van der Waals surface area contributed by atoms with Crippen LogP contribution in [0.4, 0.5) is 0 Å². The molecule has 2 heterocycles. The third-order valence-electron chi connectivity index (χ3n) is 10.8. The number of hydrogen-bond acceptors (Lipinski definition) is 8. The number of nitrogens with one attached hydrogen (secondary N) is 2. The molecule has 10 nitrogen and oxygen atoms in total. The van der Waals surface area contributed by atoms with Crippen molar-refractivity contribution in [1.82, 2.24) is 19.9 Å². The van der Waals surface area contributed by atoms with E-state index >= 15 is 0 Å². The Balaban J connectivity index is 1.05. The molecule has 1 fully saturated rings. The molecule has 1 amide bonds. The number of pyridine rings is 1. The van der Waals surface area contributed by atoms with Crippen molar-refractivity contribution in [3.63, 3.8) is 0 Å². The number of carbonyl (C=O) groups excluding carboxylic acids is 1. The van der Waals surface area contributed by atoms with E-state index in [1.807, 2.05) is 134 Å². The Morgan fingerprint density at radius 2 is 1.52 bits per heavy atom. The van der Waals surface area contributed by atoms with Gasteiger partial charge in [0, 0.05) is 49.9 Å². The topological polar surface area (TPSA) is 130 Å². The minimum Gasteiger partial charge on any atom is -0.392 e. The molecule has 0 bridgehead atoms. The van der Waals surface area contributed by atoms with Crippen molar-refractivity contribution in [1.29, 1.82) is 0 Å². The van der Waals surface area contributed by atoms with Gasteiger partial charge in [0.1, 0.15) is 6.04 Å². The van der Waals surface area contributed by atoms with Gasteiger partial charge < -0.3 is 24.8 Å².